The average molecular weight is 435 g/mol. The van der Waals surface area contributed by atoms with Gasteiger partial charge in [0, 0.05) is 19.6 Å². The summed E-state index contributed by atoms with van der Waals surface area (Å²) in [6.07, 6.45) is 7.33. The number of benzene rings is 1. The molecule has 30 heavy (non-hydrogen) atoms. The van der Waals surface area contributed by atoms with Crippen LogP contribution in [0.15, 0.2) is 42.6 Å². The zero-order valence-corrected chi connectivity index (χ0v) is 17.7. The Morgan fingerprint density at radius 1 is 1.33 bits per heavy atom. The van der Waals surface area contributed by atoms with Gasteiger partial charge in [0.1, 0.15) is 6.20 Å². The van der Waals surface area contributed by atoms with Gasteiger partial charge >= 0.3 is 11.1 Å². The van der Waals surface area contributed by atoms with Crippen molar-refractivity contribution in [3.63, 3.8) is 0 Å². The first kappa shape index (κ1) is 22.4. The zero-order chi connectivity index (χ0) is 21.6. The lowest BCUT2D eigenvalue weighted by Gasteiger charge is -2.36. The van der Waals surface area contributed by atoms with Crippen molar-refractivity contribution < 1.29 is 14.8 Å². The Morgan fingerprint density at radius 2 is 2.03 bits per heavy atom. The van der Waals surface area contributed by atoms with Crippen LogP contribution in [0.3, 0.4) is 0 Å². The first-order valence-corrected chi connectivity index (χ1v) is 10.4. The van der Waals surface area contributed by atoms with Crippen molar-refractivity contribution in [1.82, 2.24) is 14.5 Å². The molecule has 0 radical (unpaired) electrons. The summed E-state index contributed by atoms with van der Waals surface area (Å²) in [5, 5.41) is 21.6. The largest absolute Gasteiger partial charge is 0.387 e. The lowest BCUT2D eigenvalue weighted by Crippen LogP contribution is -2.47. The van der Waals surface area contributed by atoms with E-state index < -0.39 is 10.5 Å². The molecule has 0 unspecified atom stereocenters. The van der Waals surface area contributed by atoms with Gasteiger partial charge in [-0.3, -0.25) is 4.57 Å². The van der Waals surface area contributed by atoms with Crippen LogP contribution in [0.2, 0.25) is 5.28 Å². The highest BCUT2D eigenvalue weighted by atomic mass is 35.5. The lowest BCUT2D eigenvalue weighted by atomic mass is 10.0. The number of aliphatic hydroxyl groups is 1. The van der Waals surface area contributed by atoms with Gasteiger partial charge in [-0.05, 0) is 46.8 Å². The molecule has 1 aromatic heterocycles. The number of hydrogen-bond acceptors (Lipinski definition) is 6. The predicted molar refractivity (Wildman–Crippen MR) is 115 cm³/mol. The molecule has 2 aromatic rings. The second-order valence-corrected chi connectivity index (χ2v) is 8.21. The van der Waals surface area contributed by atoms with Crippen LogP contribution in [-0.4, -0.2) is 62.4 Å². The number of β-amino-alcohol motifs (C(OH)–C–C–N with tert-alkyl or cyclic N) is 1. The smallest absolute Gasteiger partial charge is 0.383 e. The topological polar surface area (TPSA) is 93.7 Å². The summed E-state index contributed by atoms with van der Waals surface area (Å²) in [5.41, 5.74) is 0.0612. The van der Waals surface area contributed by atoms with Crippen molar-refractivity contribution >= 4 is 23.5 Å². The summed E-state index contributed by atoms with van der Waals surface area (Å²) >= 11 is 5.96. The molecule has 1 saturated heterocycles. The molecule has 8 nitrogen and oxygen atoms in total. The Bertz CT molecular complexity index is 861. The molecule has 1 N–H and O–H groups in total. The van der Waals surface area contributed by atoms with Gasteiger partial charge in [-0.1, -0.05) is 42.5 Å². The molecule has 0 saturated carbocycles. The fourth-order valence-corrected chi connectivity index (χ4v) is 3.85. The molecule has 9 heteroatoms. The van der Waals surface area contributed by atoms with E-state index in [1.54, 1.807) is 6.92 Å². The summed E-state index contributed by atoms with van der Waals surface area (Å²) < 4.78 is 7.36. The van der Waals surface area contributed by atoms with E-state index in [1.165, 1.54) is 10.8 Å². The molecular weight excluding hydrogens is 408 g/mol. The van der Waals surface area contributed by atoms with Crippen LogP contribution < -0.4 is 0 Å². The highest BCUT2D eigenvalue weighted by molar-refractivity contribution is 6.28. The molecule has 0 bridgehead atoms. The maximum atomic E-state index is 10.8. The quantitative estimate of drug-likeness (QED) is 0.480. The second kappa shape index (κ2) is 10.2. The zero-order valence-electron chi connectivity index (χ0n) is 17.0. The van der Waals surface area contributed by atoms with Crippen molar-refractivity contribution in [3.8, 4) is 0 Å². The number of imidazole rings is 1. The number of rotatable bonds is 9. The van der Waals surface area contributed by atoms with Gasteiger partial charge in [0.25, 0.3) is 0 Å². The molecule has 162 valence electrons. The van der Waals surface area contributed by atoms with Crippen molar-refractivity contribution in [2.45, 2.75) is 38.0 Å². The third kappa shape index (κ3) is 6.63. The molecule has 1 atom stereocenters. The number of likely N-dealkylation sites (tertiary alicyclic amines) is 1. The number of hydrogen-bond donors (Lipinski definition) is 1. The van der Waals surface area contributed by atoms with Gasteiger partial charge in [-0.25, -0.2) is 0 Å². The minimum atomic E-state index is -1.09. The standard InChI is InChI=1S/C21H27ClN4O4/c1-21(27,16-25-14-19(26(28)29)23-20(25)22)15-24-11-9-18(10-12-24)30-13-5-8-17-6-3-2-4-7-17/h2-8,14,18,27H,9-13,15-16H2,1H3/t21-/m0/s1. The van der Waals surface area contributed by atoms with E-state index in [-0.39, 0.29) is 23.8 Å². The maximum Gasteiger partial charge on any atom is 0.383 e. The van der Waals surface area contributed by atoms with Crippen LogP contribution >= 0.6 is 11.6 Å². The fraction of sp³-hybridized carbons (Fsp3) is 0.476. The van der Waals surface area contributed by atoms with Crippen molar-refractivity contribution in [3.05, 3.63) is 63.6 Å². The van der Waals surface area contributed by atoms with E-state index in [2.05, 4.69) is 28.1 Å². The Hall–Kier alpha value is -2.26. The van der Waals surface area contributed by atoms with Gasteiger partial charge in [-0.2, -0.15) is 0 Å². The molecule has 0 spiro atoms. The van der Waals surface area contributed by atoms with Gasteiger partial charge in [0.15, 0.2) is 0 Å². The Balaban J connectivity index is 1.41. The summed E-state index contributed by atoms with van der Waals surface area (Å²) in [6.45, 7) is 4.49. The number of aromatic nitrogens is 2. The van der Waals surface area contributed by atoms with Gasteiger partial charge < -0.3 is 24.9 Å². The molecular formula is C21H27ClN4O4. The third-order valence-corrected chi connectivity index (χ3v) is 5.35. The molecule has 1 aliphatic heterocycles. The van der Waals surface area contributed by atoms with E-state index in [0.717, 1.165) is 31.5 Å². The maximum absolute atomic E-state index is 10.8. The monoisotopic (exact) mass is 434 g/mol. The number of piperidine rings is 1. The van der Waals surface area contributed by atoms with E-state index in [1.807, 2.05) is 24.3 Å². The van der Waals surface area contributed by atoms with Crippen LogP contribution in [0.1, 0.15) is 25.3 Å². The number of ether oxygens (including phenoxy) is 1. The first-order chi connectivity index (χ1) is 14.3. The van der Waals surface area contributed by atoms with Crippen molar-refractivity contribution in [2.24, 2.45) is 0 Å². The van der Waals surface area contributed by atoms with Gasteiger partial charge in [-0.15, -0.1) is 0 Å². The van der Waals surface area contributed by atoms with Crippen LogP contribution in [0.5, 0.6) is 0 Å². The highest BCUT2D eigenvalue weighted by Gasteiger charge is 2.30. The normalized spacial score (nSPS) is 18.0. The van der Waals surface area contributed by atoms with Crippen LogP contribution in [0.25, 0.3) is 6.08 Å². The molecule has 3 rings (SSSR count). The fourth-order valence-electron chi connectivity index (χ4n) is 3.65. The summed E-state index contributed by atoms with van der Waals surface area (Å²) in [7, 11) is 0. The molecule has 1 aromatic carbocycles. The Labute approximate surface area is 180 Å². The van der Waals surface area contributed by atoms with Crippen LogP contribution in [0.4, 0.5) is 5.82 Å². The van der Waals surface area contributed by atoms with Crippen LogP contribution in [-0.2, 0) is 11.3 Å². The van der Waals surface area contributed by atoms with E-state index in [4.69, 9.17) is 16.3 Å². The van der Waals surface area contributed by atoms with Crippen molar-refractivity contribution in [1.29, 1.82) is 0 Å². The Morgan fingerprint density at radius 3 is 2.67 bits per heavy atom. The highest BCUT2D eigenvalue weighted by Crippen LogP contribution is 2.21. The van der Waals surface area contributed by atoms with Gasteiger partial charge in [0.05, 0.1) is 24.9 Å². The van der Waals surface area contributed by atoms with Crippen molar-refractivity contribution in [2.75, 3.05) is 26.2 Å². The average Bonchev–Trinajstić information content (AvgIpc) is 3.07. The minimum Gasteiger partial charge on any atom is -0.387 e. The third-order valence-electron chi connectivity index (χ3n) is 5.05. The predicted octanol–water partition coefficient (Wildman–Crippen LogP) is 3.39. The molecule has 0 amide bonds. The van der Waals surface area contributed by atoms with Crippen LogP contribution in [0, 0.1) is 10.1 Å². The van der Waals surface area contributed by atoms with Gasteiger partial charge in [0.2, 0.25) is 0 Å². The van der Waals surface area contributed by atoms with E-state index in [0.29, 0.717) is 13.2 Å². The Kier molecular flexibility index (Phi) is 7.60. The summed E-state index contributed by atoms with van der Waals surface area (Å²) in [6, 6.07) is 10.1. The molecule has 1 aliphatic rings. The summed E-state index contributed by atoms with van der Waals surface area (Å²) in [5.74, 6) is -0.324. The van der Waals surface area contributed by atoms with E-state index in [9.17, 15) is 15.2 Å². The van der Waals surface area contributed by atoms with E-state index >= 15 is 0 Å². The molecule has 1 fully saturated rings. The first-order valence-electron chi connectivity index (χ1n) is 9.97. The number of nitro groups is 1. The summed E-state index contributed by atoms with van der Waals surface area (Å²) in [4.78, 5) is 16.1. The molecule has 2 heterocycles. The minimum absolute atomic E-state index is 0.00218. The molecule has 0 aliphatic carbocycles. The number of halogens is 1. The lowest BCUT2D eigenvalue weighted by molar-refractivity contribution is -0.389. The number of nitrogens with zero attached hydrogens (tertiary/aromatic N) is 4. The SMILES string of the molecule is C[C@](O)(CN1CCC(OCC=Cc2ccccc2)CC1)Cn1cc([N+](=O)[O-])nc1Cl. The second-order valence-electron chi connectivity index (χ2n) is 7.87.